The van der Waals surface area contributed by atoms with E-state index < -0.39 is 0 Å². The van der Waals surface area contributed by atoms with E-state index in [-0.39, 0.29) is 5.91 Å². The molecule has 2 aromatic rings. The topological polar surface area (TPSA) is 29.1 Å². The highest BCUT2D eigenvalue weighted by Gasteiger charge is 2.05. The van der Waals surface area contributed by atoms with Crippen LogP contribution in [0.2, 0.25) is 0 Å². The maximum absolute atomic E-state index is 11.9. The molecule has 1 aromatic carbocycles. The molecule has 100 valence electrons. The Morgan fingerprint density at radius 2 is 2.16 bits per heavy atom. The molecule has 2 nitrogen and oxygen atoms in total. The Morgan fingerprint density at radius 3 is 2.84 bits per heavy atom. The Labute approximate surface area is 122 Å². The summed E-state index contributed by atoms with van der Waals surface area (Å²) < 4.78 is 1.17. The molecule has 4 heteroatoms. The molecule has 1 aromatic heterocycles. The standard InChI is InChI=1S/C15H17NOS2/c1-11(2)12-5-3-6-13(9-12)16-14(17)10-19-15-7-4-8-18-15/h3-9,11H,10H2,1-2H3,(H,16,17). The van der Waals surface area contributed by atoms with Crippen LogP contribution in [0.5, 0.6) is 0 Å². The van der Waals surface area contributed by atoms with Crippen molar-refractivity contribution in [2.24, 2.45) is 0 Å². The van der Waals surface area contributed by atoms with Crippen molar-refractivity contribution >= 4 is 34.7 Å². The summed E-state index contributed by atoms with van der Waals surface area (Å²) in [5, 5.41) is 4.96. The van der Waals surface area contributed by atoms with Crippen molar-refractivity contribution < 1.29 is 4.79 Å². The van der Waals surface area contributed by atoms with Crippen molar-refractivity contribution in [3.63, 3.8) is 0 Å². The van der Waals surface area contributed by atoms with Crippen LogP contribution in [0.1, 0.15) is 25.3 Å². The number of carbonyl (C=O) groups is 1. The first-order valence-electron chi connectivity index (χ1n) is 6.21. The molecule has 1 heterocycles. The monoisotopic (exact) mass is 291 g/mol. The van der Waals surface area contributed by atoms with Crippen molar-refractivity contribution in [3.8, 4) is 0 Å². The first kappa shape index (κ1) is 14.2. The molecule has 0 bridgehead atoms. The van der Waals surface area contributed by atoms with Gasteiger partial charge in [0.05, 0.1) is 9.96 Å². The second-order valence-electron chi connectivity index (χ2n) is 4.55. The Morgan fingerprint density at radius 1 is 1.32 bits per heavy atom. The van der Waals surface area contributed by atoms with E-state index in [2.05, 4.69) is 25.2 Å². The van der Waals surface area contributed by atoms with Crippen molar-refractivity contribution in [1.29, 1.82) is 0 Å². The first-order chi connectivity index (χ1) is 9.15. The van der Waals surface area contributed by atoms with Gasteiger partial charge in [0.15, 0.2) is 0 Å². The molecule has 19 heavy (non-hydrogen) atoms. The number of carbonyl (C=O) groups excluding carboxylic acids is 1. The SMILES string of the molecule is CC(C)c1cccc(NC(=O)CSc2cccs2)c1. The van der Waals surface area contributed by atoms with E-state index in [1.807, 2.05) is 35.7 Å². The third kappa shape index (κ3) is 4.40. The van der Waals surface area contributed by atoms with Gasteiger partial charge in [0.1, 0.15) is 0 Å². The first-order valence-corrected chi connectivity index (χ1v) is 8.08. The average Bonchev–Trinajstić information content (AvgIpc) is 2.90. The second-order valence-corrected chi connectivity index (χ2v) is 6.77. The predicted molar refractivity (Wildman–Crippen MR) is 84.2 cm³/mol. The third-order valence-corrected chi connectivity index (χ3v) is 4.81. The fraction of sp³-hybridized carbons (Fsp3) is 0.267. The number of thiophene rings is 1. The lowest BCUT2D eigenvalue weighted by atomic mass is 10.0. The van der Waals surface area contributed by atoms with Gasteiger partial charge in [0, 0.05) is 5.69 Å². The van der Waals surface area contributed by atoms with Gasteiger partial charge in [-0.2, -0.15) is 0 Å². The summed E-state index contributed by atoms with van der Waals surface area (Å²) in [5.41, 5.74) is 2.12. The molecule has 0 aliphatic carbocycles. The minimum Gasteiger partial charge on any atom is -0.325 e. The van der Waals surface area contributed by atoms with Crippen LogP contribution in [0.3, 0.4) is 0 Å². The largest absolute Gasteiger partial charge is 0.325 e. The van der Waals surface area contributed by atoms with Crippen LogP contribution in [-0.2, 0) is 4.79 Å². The van der Waals surface area contributed by atoms with Gasteiger partial charge in [0.25, 0.3) is 0 Å². The number of hydrogen-bond donors (Lipinski definition) is 1. The lowest BCUT2D eigenvalue weighted by Gasteiger charge is -2.09. The van der Waals surface area contributed by atoms with E-state index in [9.17, 15) is 4.79 Å². The van der Waals surface area contributed by atoms with Gasteiger partial charge < -0.3 is 5.32 Å². The lowest BCUT2D eigenvalue weighted by molar-refractivity contribution is -0.113. The van der Waals surface area contributed by atoms with Crippen LogP contribution >= 0.6 is 23.1 Å². The summed E-state index contributed by atoms with van der Waals surface area (Å²) in [7, 11) is 0. The molecule has 0 atom stereocenters. The highest BCUT2D eigenvalue weighted by molar-refractivity contribution is 8.01. The number of amides is 1. The fourth-order valence-electron chi connectivity index (χ4n) is 1.65. The number of benzene rings is 1. The Hall–Kier alpha value is -1.26. The molecule has 0 saturated heterocycles. The summed E-state index contributed by atoms with van der Waals surface area (Å²) in [5.74, 6) is 0.962. The van der Waals surface area contributed by atoms with E-state index >= 15 is 0 Å². The number of anilines is 1. The molecule has 0 aliphatic heterocycles. The highest BCUT2D eigenvalue weighted by Crippen LogP contribution is 2.24. The van der Waals surface area contributed by atoms with Crippen molar-refractivity contribution in [2.45, 2.75) is 24.0 Å². The molecule has 0 saturated carbocycles. The molecule has 0 fully saturated rings. The Kier molecular flexibility index (Phi) is 5.05. The minimum atomic E-state index is 0.0410. The Bertz CT molecular complexity index is 535. The minimum absolute atomic E-state index is 0.0410. The molecule has 0 unspecified atom stereocenters. The number of hydrogen-bond acceptors (Lipinski definition) is 3. The van der Waals surface area contributed by atoms with E-state index in [0.717, 1.165) is 5.69 Å². The number of nitrogens with one attached hydrogen (secondary N) is 1. The summed E-state index contributed by atoms with van der Waals surface area (Å²) in [6.45, 7) is 4.29. The molecule has 0 aliphatic rings. The maximum Gasteiger partial charge on any atom is 0.234 e. The van der Waals surface area contributed by atoms with Gasteiger partial charge in [-0.15, -0.1) is 23.1 Å². The third-order valence-electron chi connectivity index (χ3n) is 2.68. The smallest absolute Gasteiger partial charge is 0.234 e. The number of thioether (sulfide) groups is 1. The van der Waals surface area contributed by atoms with Gasteiger partial charge in [-0.05, 0) is 35.1 Å². The quantitative estimate of drug-likeness (QED) is 0.816. The fourth-order valence-corrected chi connectivity index (χ4v) is 3.24. The van der Waals surface area contributed by atoms with Crippen LogP contribution in [0.25, 0.3) is 0 Å². The van der Waals surface area contributed by atoms with Crippen molar-refractivity contribution in [1.82, 2.24) is 0 Å². The van der Waals surface area contributed by atoms with Crippen LogP contribution in [0.4, 0.5) is 5.69 Å². The molecule has 0 spiro atoms. The van der Waals surface area contributed by atoms with E-state index in [1.165, 1.54) is 9.77 Å². The van der Waals surface area contributed by atoms with Crippen molar-refractivity contribution in [3.05, 3.63) is 47.3 Å². The Balaban J connectivity index is 1.89. The van der Waals surface area contributed by atoms with Crippen LogP contribution in [0, 0.1) is 0 Å². The number of rotatable bonds is 5. The van der Waals surface area contributed by atoms with E-state index in [4.69, 9.17) is 0 Å². The predicted octanol–water partition coefficient (Wildman–Crippen LogP) is 4.60. The van der Waals surface area contributed by atoms with Crippen LogP contribution in [-0.4, -0.2) is 11.7 Å². The second kappa shape index (κ2) is 6.78. The molecule has 2 rings (SSSR count). The van der Waals surface area contributed by atoms with E-state index in [1.54, 1.807) is 23.1 Å². The summed E-state index contributed by atoms with van der Waals surface area (Å²) >= 11 is 3.23. The highest BCUT2D eigenvalue weighted by atomic mass is 32.2. The zero-order chi connectivity index (χ0) is 13.7. The van der Waals surface area contributed by atoms with Gasteiger partial charge in [-0.1, -0.05) is 32.0 Å². The summed E-state index contributed by atoms with van der Waals surface area (Å²) in [6, 6.07) is 12.1. The molecule has 0 radical (unpaired) electrons. The molecular formula is C15H17NOS2. The summed E-state index contributed by atoms with van der Waals surface area (Å²) in [4.78, 5) is 11.9. The van der Waals surface area contributed by atoms with Gasteiger partial charge in [-0.3, -0.25) is 4.79 Å². The van der Waals surface area contributed by atoms with Gasteiger partial charge in [-0.25, -0.2) is 0 Å². The normalized spacial score (nSPS) is 10.7. The van der Waals surface area contributed by atoms with Crippen LogP contribution in [0.15, 0.2) is 46.0 Å². The molecular weight excluding hydrogens is 274 g/mol. The van der Waals surface area contributed by atoms with Crippen molar-refractivity contribution in [2.75, 3.05) is 11.1 Å². The van der Waals surface area contributed by atoms with Crippen LogP contribution < -0.4 is 5.32 Å². The summed E-state index contributed by atoms with van der Waals surface area (Å²) in [6.07, 6.45) is 0. The molecule has 1 amide bonds. The zero-order valence-electron chi connectivity index (χ0n) is 11.1. The lowest BCUT2D eigenvalue weighted by Crippen LogP contribution is -2.14. The van der Waals surface area contributed by atoms with E-state index in [0.29, 0.717) is 11.7 Å². The zero-order valence-corrected chi connectivity index (χ0v) is 12.7. The maximum atomic E-state index is 11.9. The van der Waals surface area contributed by atoms with Gasteiger partial charge in [0.2, 0.25) is 5.91 Å². The average molecular weight is 291 g/mol. The van der Waals surface area contributed by atoms with Gasteiger partial charge >= 0.3 is 0 Å². The molecule has 1 N–H and O–H groups in total.